The van der Waals surface area contributed by atoms with Crippen molar-refractivity contribution in [2.45, 2.75) is 31.8 Å². The minimum absolute atomic E-state index is 0.0333. The molecular weight excluding hydrogens is 183 g/mol. The van der Waals surface area contributed by atoms with Crippen LogP contribution in [0.1, 0.15) is 24.0 Å². The van der Waals surface area contributed by atoms with Gasteiger partial charge in [0.15, 0.2) is 0 Å². The van der Waals surface area contributed by atoms with Gasteiger partial charge in [0, 0.05) is 12.5 Å². The maximum atomic E-state index is 13.3. The highest BCUT2D eigenvalue weighted by Gasteiger charge is 2.40. The van der Waals surface area contributed by atoms with Crippen LogP contribution in [0.5, 0.6) is 5.75 Å². The van der Waals surface area contributed by atoms with Crippen LogP contribution in [-0.4, -0.2) is 15.8 Å². The monoisotopic (exact) mass is 196 g/mol. The second-order valence-electron chi connectivity index (χ2n) is 4.13. The van der Waals surface area contributed by atoms with Crippen LogP contribution in [0.2, 0.25) is 0 Å². The van der Waals surface area contributed by atoms with E-state index in [9.17, 15) is 14.6 Å². The summed E-state index contributed by atoms with van der Waals surface area (Å²) in [5.41, 5.74) is 0.440. The van der Waals surface area contributed by atoms with Crippen LogP contribution in [0.3, 0.4) is 0 Å². The summed E-state index contributed by atoms with van der Waals surface area (Å²) in [6.07, 6.45) is 1.83. The zero-order valence-corrected chi connectivity index (χ0v) is 8.05. The number of aliphatic hydroxyl groups is 1. The van der Waals surface area contributed by atoms with Gasteiger partial charge in [-0.25, -0.2) is 4.39 Å². The smallest absolute Gasteiger partial charge is 0.130 e. The number of aromatic hydroxyl groups is 1. The molecule has 0 amide bonds. The zero-order valence-electron chi connectivity index (χ0n) is 8.05. The fraction of sp³-hybridized carbons (Fsp3) is 0.455. The van der Waals surface area contributed by atoms with E-state index in [1.54, 1.807) is 13.0 Å². The van der Waals surface area contributed by atoms with Crippen molar-refractivity contribution in [2.24, 2.45) is 0 Å². The second kappa shape index (κ2) is 2.95. The molecule has 1 aliphatic carbocycles. The zero-order chi connectivity index (χ0) is 10.3. The molecule has 2 N–H and O–H groups in total. The van der Waals surface area contributed by atoms with Crippen molar-refractivity contribution in [3.8, 4) is 5.75 Å². The van der Waals surface area contributed by atoms with Crippen molar-refractivity contribution in [1.82, 2.24) is 0 Å². The molecule has 0 saturated heterocycles. The first-order valence-corrected chi connectivity index (χ1v) is 4.71. The third-order valence-corrected chi connectivity index (χ3v) is 2.71. The number of phenols is 1. The van der Waals surface area contributed by atoms with E-state index in [-0.39, 0.29) is 5.75 Å². The largest absolute Gasteiger partial charge is 0.508 e. The molecule has 1 fully saturated rings. The first-order chi connectivity index (χ1) is 6.50. The molecule has 3 heteroatoms. The molecule has 0 unspecified atom stereocenters. The number of aryl methyl sites for hydroxylation is 1. The van der Waals surface area contributed by atoms with Crippen molar-refractivity contribution in [3.63, 3.8) is 0 Å². The standard InChI is InChI=1S/C11H13FO2/c1-7-4-8(6-11(14)2-3-11)9(12)5-10(7)13/h4-5,13-14H,2-3,6H2,1H3. The van der Waals surface area contributed by atoms with Crippen LogP contribution < -0.4 is 0 Å². The van der Waals surface area contributed by atoms with Gasteiger partial charge in [0.05, 0.1) is 5.60 Å². The molecule has 0 spiro atoms. The Balaban J connectivity index is 2.29. The third kappa shape index (κ3) is 1.73. The summed E-state index contributed by atoms with van der Waals surface area (Å²) in [6.45, 7) is 1.72. The summed E-state index contributed by atoms with van der Waals surface area (Å²) in [7, 11) is 0. The molecular formula is C11H13FO2. The number of rotatable bonds is 2. The Labute approximate surface area is 82.0 Å². The van der Waals surface area contributed by atoms with Crippen molar-refractivity contribution < 1.29 is 14.6 Å². The first kappa shape index (κ1) is 9.46. The Morgan fingerprint density at radius 3 is 2.64 bits per heavy atom. The van der Waals surface area contributed by atoms with Crippen molar-refractivity contribution in [2.75, 3.05) is 0 Å². The van der Waals surface area contributed by atoms with Gasteiger partial charge >= 0.3 is 0 Å². The Bertz CT molecular complexity index is 370. The fourth-order valence-corrected chi connectivity index (χ4v) is 1.54. The van der Waals surface area contributed by atoms with Crippen LogP contribution in [0.4, 0.5) is 4.39 Å². The summed E-state index contributed by atoms with van der Waals surface area (Å²) in [6, 6.07) is 2.71. The summed E-state index contributed by atoms with van der Waals surface area (Å²) < 4.78 is 13.3. The van der Waals surface area contributed by atoms with Crippen LogP contribution in [-0.2, 0) is 6.42 Å². The van der Waals surface area contributed by atoms with Gasteiger partial charge in [-0.05, 0) is 37.0 Å². The first-order valence-electron chi connectivity index (χ1n) is 4.71. The Morgan fingerprint density at radius 1 is 1.43 bits per heavy atom. The van der Waals surface area contributed by atoms with E-state index in [4.69, 9.17) is 0 Å². The lowest BCUT2D eigenvalue weighted by Crippen LogP contribution is -2.12. The molecule has 0 aromatic heterocycles. The van der Waals surface area contributed by atoms with Gasteiger partial charge in [-0.3, -0.25) is 0 Å². The fourth-order valence-electron chi connectivity index (χ4n) is 1.54. The second-order valence-corrected chi connectivity index (χ2v) is 4.13. The van der Waals surface area contributed by atoms with Gasteiger partial charge in [-0.1, -0.05) is 0 Å². The van der Waals surface area contributed by atoms with Gasteiger partial charge in [0.1, 0.15) is 11.6 Å². The molecule has 0 atom stereocenters. The van der Waals surface area contributed by atoms with Gasteiger partial charge in [0.25, 0.3) is 0 Å². The summed E-state index contributed by atoms with van der Waals surface area (Å²) >= 11 is 0. The predicted octanol–water partition coefficient (Wildman–Crippen LogP) is 1.91. The Kier molecular flexibility index (Phi) is 2.00. The van der Waals surface area contributed by atoms with Gasteiger partial charge in [-0.2, -0.15) is 0 Å². The van der Waals surface area contributed by atoms with Crippen molar-refractivity contribution in [1.29, 1.82) is 0 Å². The minimum atomic E-state index is -0.690. The van der Waals surface area contributed by atoms with Crippen LogP contribution in [0, 0.1) is 12.7 Å². The topological polar surface area (TPSA) is 40.5 Å². The molecule has 1 aliphatic rings. The van der Waals surface area contributed by atoms with Crippen LogP contribution in [0.25, 0.3) is 0 Å². The SMILES string of the molecule is Cc1cc(CC2(O)CC2)c(F)cc1O. The van der Waals surface area contributed by atoms with Crippen LogP contribution >= 0.6 is 0 Å². The minimum Gasteiger partial charge on any atom is -0.508 e. The summed E-state index contributed by atoms with van der Waals surface area (Å²) in [5.74, 6) is -0.470. The predicted molar refractivity (Wildman–Crippen MR) is 50.7 cm³/mol. The molecule has 76 valence electrons. The molecule has 1 aromatic rings. The van der Waals surface area contributed by atoms with Crippen LogP contribution in [0.15, 0.2) is 12.1 Å². The highest BCUT2D eigenvalue weighted by atomic mass is 19.1. The lowest BCUT2D eigenvalue weighted by molar-refractivity contribution is 0.149. The molecule has 2 rings (SSSR count). The van der Waals surface area contributed by atoms with Gasteiger partial charge in [0.2, 0.25) is 0 Å². The Hall–Kier alpha value is -1.09. The quantitative estimate of drug-likeness (QED) is 0.758. The average Bonchev–Trinajstić information content (AvgIpc) is 2.80. The maximum Gasteiger partial charge on any atom is 0.130 e. The van der Waals surface area contributed by atoms with Crippen molar-refractivity contribution in [3.05, 3.63) is 29.1 Å². The van der Waals surface area contributed by atoms with Gasteiger partial charge < -0.3 is 10.2 Å². The number of benzene rings is 1. The Morgan fingerprint density at radius 2 is 2.07 bits per heavy atom. The molecule has 1 saturated carbocycles. The average molecular weight is 196 g/mol. The molecule has 0 aliphatic heterocycles. The molecule has 2 nitrogen and oxygen atoms in total. The van der Waals surface area contributed by atoms with E-state index in [1.165, 1.54) is 0 Å². The normalized spacial score (nSPS) is 18.2. The molecule has 0 radical (unpaired) electrons. The van der Waals surface area contributed by atoms with E-state index in [1.807, 2.05) is 0 Å². The summed E-state index contributed by atoms with van der Waals surface area (Å²) in [5, 5.41) is 18.9. The van der Waals surface area contributed by atoms with E-state index in [0.717, 1.165) is 18.9 Å². The molecule has 14 heavy (non-hydrogen) atoms. The number of halogens is 1. The lowest BCUT2D eigenvalue weighted by Gasteiger charge is -2.10. The van der Waals surface area contributed by atoms with E-state index in [0.29, 0.717) is 17.5 Å². The van der Waals surface area contributed by atoms with E-state index < -0.39 is 11.4 Å². The maximum absolute atomic E-state index is 13.3. The lowest BCUT2D eigenvalue weighted by atomic mass is 10.0. The molecule has 0 bridgehead atoms. The highest BCUT2D eigenvalue weighted by molar-refractivity contribution is 5.37. The van der Waals surface area contributed by atoms with E-state index in [2.05, 4.69) is 0 Å². The number of hydrogen-bond donors (Lipinski definition) is 2. The third-order valence-electron chi connectivity index (χ3n) is 2.71. The molecule has 0 heterocycles. The van der Waals surface area contributed by atoms with Crippen molar-refractivity contribution >= 4 is 0 Å². The number of hydrogen-bond acceptors (Lipinski definition) is 2. The van der Waals surface area contributed by atoms with Gasteiger partial charge in [-0.15, -0.1) is 0 Å². The number of phenolic OH excluding ortho intramolecular Hbond substituents is 1. The van der Waals surface area contributed by atoms with E-state index >= 15 is 0 Å². The summed E-state index contributed by atoms with van der Waals surface area (Å²) in [4.78, 5) is 0. The molecule has 1 aromatic carbocycles. The highest BCUT2D eigenvalue weighted by Crippen LogP contribution is 2.39.